The Morgan fingerprint density at radius 1 is 1.19 bits per heavy atom. The molecule has 3 rings (SSSR count). The number of carbonyl (C=O) groups excluding carboxylic acids is 1. The third kappa shape index (κ3) is 4.49. The Morgan fingerprint density at radius 3 is 2.63 bits per heavy atom. The summed E-state index contributed by atoms with van der Waals surface area (Å²) in [5.41, 5.74) is 3.04. The first kappa shape index (κ1) is 19.0. The average molecular weight is 382 g/mol. The van der Waals surface area contributed by atoms with Gasteiger partial charge in [0.2, 0.25) is 5.91 Å². The van der Waals surface area contributed by atoms with Crippen molar-refractivity contribution in [2.75, 3.05) is 19.4 Å². The lowest BCUT2D eigenvalue weighted by Crippen LogP contribution is -2.20. The molecule has 0 aliphatic heterocycles. The summed E-state index contributed by atoms with van der Waals surface area (Å²) in [5, 5.41) is 12.0. The molecule has 0 fully saturated rings. The molecule has 0 radical (unpaired) electrons. The van der Waals surface area contributed by atoms with Crippen LogP contribution >= 0.6 is 11.8 Å². The molecule has 0 aliphatic carbocycles. The van der Waals surface area contributed by atoms with Gasteiger partial charge in [-0.05, 0) is 44.2 Å². The molecule has 2 aromatic carbocycles. The zero-order valence-electron chi connectivity index (χ0n) is 15.6. The fraction of sp³-hybridized carbons (Fsp3) is 0.250. The first-order valence-corrected chi connectivity index (χ1v) is 9.70. The van der Waals surface area contributed by atoms with E-state index in [2.05, 4.69) is 21.6 Å². The third-order valence-corrected chi connectivity index (χ3v) is 4.86. The first-order valence-electron chi connectivity index (χ1n) is 8.71. The normalized spacial score (nSPS) is 10.6. The van der Waals surface area contributed by atoms with Crippen LogP contribution in [0.4, 0.5) is 0 Å². The van der Waals surface area contributed by atoms with Crippen molar-refractivity contribution in [1.82, 2.24) is 20.1 Å². The molecule has 0 saturated carbocycles. The molecule has 3 aromatic rings. The predicted molar refractivity (Wildman–Crippen MR) is 107 cm³/mol. The van der Waals surface area contributed by atoms with Crippen molar-refractivity contribution in [2.24, 2.45) is 0 Å². The van der Waals surface area contributed by atoms with Crippen molar-refractivity contribution in [3.63, 3.8) is 0 Å². The minimum atomic E-state index is -0.0571. The van der Waals surface area contributed by atoms with Gasteiger partial charge in [-0.15, -0.1) is 10.2 Å². The third-order valence-electron chi connectivity index (χ3n) is 3.93. The second kappa shape index (κ2) is 8.73. The van der Waals surface area contributed by atoms with Gasteiger partial charge in [-0.2, -0.15) is 0 Å². The molecule has 0 aliphatic rings. The number of aromatic nitrogens is 3. The van der Waals surface area contributed by atoms with E-state index in [1.54, 1.807) is 7.05 Å². The standard InChI is InChI=1S/C20H22N4O2S/c1-4-26-17-10-8-16(9-11-17)24-19(15-7-5-6-14(2)12-15)22-23-20(24)27-13-18(25)21-3/h5-12H,4,13H2,1-3H3,(H,21,25). The van der Waals surface area contributed by atoms with Crippen molar-refractivity contribution in [2.45, 2.75) is 19.0 Å². The van der Waals surface area contributed by atoms with Crippen molar-refractivity contribution < 1.29 is 9.53 Å². The Morgan fingerprint density at radius 2 is 1.96 bits per heavy atom. The highest BCUT2D eigenvalue weighted by atomic mass is 32.2. The fourth-order valence-electron chi connectivity index (χ4n) is 2.63. The van der Waals surface area contributed by atoms with E-state index in [0.29, 0.717) is 11.8 Å². The molecule has 0 bridgehead atoms. The molecule has 7 heteroatoms. The Bertz CT molecular complexity index is 922. The molecule has 0 atom stereocenters. The number of hydrogen-bond donors (Lipinski definition) is 1. The summed E-state index contributed by atoms with van der Waals surface area (Å²) in [4.78, 5) is 11.7. The van der Waals surface area contributed by atoms with Crippen LogP contribution in [0.2, 0.25) is 0 Å². The van der Waals surface area contributed by atoms with Gasteiger partial charge < -0.3 is 10.1 Å². The van der Waals surface area contributed by atoms with Crippen molar-refractivity contribution in [1.29, 1.82) is 0 Å². The smallest absolute Gasteiger partial charge is 0.230 e. The lowest BCUT2D eigenvalue weighted by atomic mass is 10.1. The van der Waals surface area contributed by atoms with Gasteiger partial charge >= 0.3 is 0 Å². The molecule has 1 heterocycles. The van der Waals surface area contributed by atoms with Gasteiger partial charge in [0.1, 0.15) is 5.75 Å². The van der Waals surface area contributed by atoms with E-state index in [1.807, 2.05) is 60.9 Å². The van der Waals surface area contributed by atoms with Gasteiger partial charge in [-0.3, -0.25) is 9.36 Å². The number of hydrogen-bond acceptors (Lipinski definition) is 5. The summed E-state index contributed by atoms with van der Waals surface area (Å²) in [6.45, 7) is 4.62. The van der Waals surface area contributed by atoms with E-state index in [9.17, 15) is 4.79 Å². The average Bonchev–Trinajstić information content (AvgIpc) is 3.11. The summed E-state index contributed by atoms with van der Waals surface area (Å²) in [6, 6.07) is 15.9. The second-order valence-corrected chi connectivity index (χ2v) is 6.84. The maximum atomic E-state index is 11.7. The number of carbonyl (C=O) groups is 1. The van der Waals surface area contributed by atoms with Crippen LogP contribution < -0.4 is 10.1 Å². The monoisotopic (exact) mass is 382 g/mol. The molecule has 27 heavy (non-hydrogen) atoms. The zero-order valence-corrected chi connectivity index (χ0v) is 16.4. The SMILES string of the molecule is CCOc1ccc(-n2c(SCC(=O)NC)nnc2-c2cccc(C)c2)cc1. The summed E-state index contributed by atoms with van der Waals surface area (Å²) in [5.74, 6) is 1.77. The number of ether oxygens (including phenoxy) is 1. The second-order valence-electron chi connectivity index (χ2n) is 5.90. The Labute approximate surface area is 163 Å². The van der Waals surface area contributed by atoms with E-state index >= 15 is 0 Å². The minimum Gasteiger partial charge on any atom is -0.494 e. The summed E-state index contributed by atoms with van der Waals surface area (Å²) in [6.07, 6.45) is 0. The Kier molecular flexibility index (Phi) is 6.13. The van der Waals surface area contributed by atoms with Crippen molar-refractivity contribution in [3.05, 3.63) is 54.1 Å². The molecular formula is C20H22N4O2S. The quantitative estimate of drug-likeness (QED) is 0.634. The van der Waals surface area contributed by atoms with E-state index in [1.165, 1.54) is 11.8 Å². The van der Waals surface area contributed by atoms with E-state index in [0.717, 1.165) is 28.4 Å². The summed E-state index contributed by atoms with van der Waals surface area (Å²) < 4.78 is 7.50. The van der Waals surface area contributed by atoms with Crippen LogP contribution in [0.25, 0.3) is 17.1 Å². The number of thioether (sulfide) groups is 1. The molecule has 140 valence electrons. The fourth-order valence-corrected chi connectivity index (χ4v) is 3.45. The van der Waals surface area contributed by atoms with E-state index in [-0.39, 0.29) is 11.7 Å². The summed E-state index contributed by atoms with van der Waals surface area (Å²) in [7, 11) is 1.62. The van der Waals surface area contributed by atoms with Gasteiger partial charge in [0, 0.05) is 18.3 Å². The number of benzene rings is 2. The van der Waals surface area contributed by atoms with E-state index < -0.39 is 0 Å². The first-order chi connectivity index (χ1) is 13.1. The van der Waals surface area contributed by atoms with Gasteiger partial charge in [-0.25, -0.2) is 0 Å². The maximum absolute atomic E-state index is 11.7. The number of rotatable bonds is 7. The minimum absolute atomic E-state index is 0.0571. The lowest BCUT2D eigenvalue weighted by Gasteiger charge is -2.11. The van der Waals surface area contributed by atoms with Gasteiger partial charge in [-0.1, -0.05) is 35.5 Å². The zero-order chi connectivity index (χ0) is 19.2. The molecule has 1 amide bonds. The highest BCUT2D eigenvalue weighted by molar-refractivity contribution is 7.99. The molecule has 0 saturated heterocycles. The van der Waals surface area contributed by atoms with Crippen LogP contribution in [0.3, 0.4) is 0 Å². The highest BCUT2D eigenvalue weighted by Crippen LogP contribution is 2.29. The highest BCUT2D eigenvalue weighted by Gasteiger charge is 2.17. The van der Waals surface area contributed by atoms with Crippen molar-refractivity contribution >= 4 is 17.7 Å². The van der Waals surface area contributed by atoms with E-state index in [4.69, 9.17) is 4.74 Å². The number of aryl methyl sites for hydroxylation is 1. The topological polar surface area (TPSA) is 69.0 Å². The van der Waals surface area contributed by atoms with Crippen LogP contribution in [-0.2, 0) is 4.79 Å². The summed E-state index contributed by atoms with van der Waals surface area (Å²) >= 11 is 1.35. The number of nitrogens with one attached hydrogen (secondary N) is 1. The van der Waals surface area contributed by atoms with Gasteiger partial charge in [0.05, 0.1) is 12.4 Å². The molecule has 1 aromatic heterocycles. The molecular weight excluding hydrogens is 360 g/mol. The molecule has 0 unspecified atom stereocenters. The van der Waals surface area contributed by atoms with Gasteiger partial charge in [0.15, 0.2) is 11.0 Å². The van der Waals surface area contributed by atoms with Gasteiger partial charge in [0.25, 0.3) is 0 Å². The maximum Gasteiger partial charge on any atom is 0.230 e. The van der Waals surface area contributed by atoms with Crippen LogP contribution in [-0.4, -0.2) is 40.1 Å². The molecule has 1 N–H and O–H groups in total. The van der Waals surface area contributed by atoms with Crippen LogP contribution in [0.1, 0.15) is 12.5 Å². The van der Waals surface area contributed by atoms with Crippen LogP contribution in [0, 0.1) is 6.92 Å². The number of amides is 1. The van der Waals surface area contributed by atoms with Crippen LogP contribution in [0.15, 0.2) is 53.7 Å². The number of nitrogens with zero attached hydrogens (tertiary/aromatic N) is 3. The molecule has 0 spiro atoms. The molecule has 6 nitrogen and oxygen atoms in total. The lowest BCUT2D eigenvalue weighted by molar-refractivity contribution is -0.118. The Hall–Kier alpha value is -2.80. The largest absolute Gasteiger partial charge is 0.494 e. The predicted octanol–water partition coefficient (Wildman–Crippen LogP) is 3.48. The Balaban J connectivity index is 2.03. The van der Waals surface area contributed by atoms with Crippen LogP contribution in [0.5, 0.6) is 5.75 Å². The van der Waals surface area contributed by atoms with Crippen molar-refractivity contribution in [3.8, 4) is 22.8 Å².